The standard InChI is InChI=1S/C26H51NO4.H3N/c1-4-5-6-7-8-9-10-11-12-13-14-15-16-17-18-21-24(28)27-22-19-20-23(2)26(3,31)25(29)30;/h23,31H,4-22H2,1-3H3,(H,27,28)(H,29,30);1H3. The molecule has 2 unspecified atom stereocenters. The van der Waals surface area contributed by atoms with Crippen LogP contribution in [0.5, 0.6) is 0 Å². The second-order valence-electron chi connectivity index (χ2n) is 9.53. The molecule has 0 saturated carbocycles. The van der Waals surface area contributed by atoms with Crippen LogP contribution in [0, 0.1) is 5.92 Å². The first-order valence-electron chi connectivity index (χ1n) is 13.0. The molecule has 1 amide bonds. The van der Waals surface area contributed by atoms with Gasteiger partial charge in [-0.05, 0) is 32.1 Å². The number of unbranched alkanes of at least 4 members (excludes halogenated alkanes) is 14. The van der Waals surface area contributed by atoms with E-state index in [-0.39, 0.29) is 12.1 Å². The van der Waals surface area contributed by atoms with Gasteiger partial charge in [0.1, 0.15) is 5.60 Å². The number of aliphatic hydroxyl groups is 1. The third kappa shape index (κ3) is 18.4. The number of aliphatic carboxylic acids is 1. The van der Waals surface area contributed by atoms with Crippen LogP contribution in [0.3, 0.4) is 0 Å². The largest absolute Gasteiger partial charge is 0.547 e. The fraction of sp³-hybridized carbons (Fsp3) is 0.923. The maximum atomic E-state index is 11.9. The highest BCUT2D eigenvalue weighted by atomic mass is 16.4. The van der Waals surface area contributed by atoms with Gasteiger partial charge in [0.15, 0.2) is 0 Å². The number of quaternary nitrogens is 1. The van der Waals surface area contributed by atoms with Gasteiger partial charge in [-0.1, -0.05) is 104 Å². The SMILES string of the molecule is CCCCCCCCCCCCCCCCCC(=O)NCCCC(C)C(C)(O)C(=O)[O-].[NH4+]. The van der Waals surface area contributed by atoms with Crippen LogP contribution in [0.1, 0.15) is 136 Å². The molecule has 6 nitrogen and oxygen atoms in total. The van der Waals surface area contributed by atoms with Gasteiger partial charge in [-0.2, -0.15) is 0 Å². The minimum absolute atomic E-state index is 0. The molecule has 192 valence electrons. The van der Waals surface area contributed by atoms with Gasteiger partial charge in [0.25, 0.3) is 0 Å². The highest BCUT2D eigenvalue weighted by Gasteiger charge is 2.29. The van der Waals surface area contributed by atoms with E-state index < -0.39 is 17.5 Å². The monoisotopic (exact) mass is 458 g/mol. The molecule has 0 aliphatic rings. The quantitative estimate of drug-likeness (QED) is 0.181. The number of rotatable bonds is 22. The lowest BCUT2D eigenvalue weighted by molar-refractivity contribution is -0.326. The Balaban J connectivity index is 0. The lowest BCUT2D eigenvalue weighted by Gasteiger charge is -2.31. The molecular weight excluding hydrogens is 404 g/mol. The summed E-state index contributed by atoms with van der Waals surface area (Å²) < 4.78 is 0. The zero-order chi connectivity index (χ0) is 23.4. The average molecular weight is 459 g/mol. The van der Waals surface area contributed by atoms with Crippen LogP contribution >= 0.6 is 0 Å². The zero-order valence-corrected chi connectivity index (χ0v) is 21.7. The summed E-state index contributed by atoms with van der Waals surface area (Å²) in [6, 6.07) is 0. The molecule has 0 aromatic rings. The van der Waals surface area contributed by atoms with Crippen molar-refractivity contribution in [2.75, 3.05) is 6.54 Å². The average Bonchev–Trinajstić information content (AvgIpc) is 2.73. The van der Waals surface area contributed by atoms with Crippen molar-refractivity contribution < 1.29 is 19.8 Å². The van der Waals surface area contributed by atoms with E-state index in [2.05, 4.69) is 12.2 Å². The number of hydrogen-bond acceptors (Lipinski definition) is 4. The van der Waals surface area contributed by atoms with Crippen LogP contribution in [0.15, 0.2) is 0 Å². The Labute approximate surface area is 197 Å². The number of hydrogen-bond donors (Lipinski definition) is 3. The van der Waals surface area contributed by atoms with E-state index in [1.54, 1.807) is 6.92 Å². The summed E-state index contributed by atoms with van der Waals surface area (Å²) in [6.07, 6.45) is 21.4. The van der Waals surface area contributed by atoms with Crippen molar-refractivity contribution in [3.05, 3.63) is 0 Å². The number of amides is 1. The lowest BCUT2D eigenvalue weighted by Crippen LogP contribution is -2.50. The van der Waals surface area contributed by atoms with E-state index in [0.29, 0.717) is 25.8 Å². The Morgan fingerprint density at radius 1 is 0.812 bits per heavy atom. The molecule has 6 N–H and O–H groups in total. The molecule has 6 heteroatoms. The van der Waals surface area contributed by atoms with Crippen molar-refractivity contribution in [3.63, 3.8) is 0 Å². The Morgan fingerprint density at radius 3 is 1.62 bits per heavy atom. The third-order valence-corrected chi connectivity index (χ3v) is 6.52. The van der Waals surface area contributed by atoms with E-state index in [4.69, 9.17) is 0 Å². The van der Waals surface area contributed by atoms with E-state index in [0.717, 1.165) is 12.8 Å². The number of carboxylic acid groups (broad SMARTS) is 1. The number of nitrogens with one attached hydrogen (secondary N) is 1. The molecule has 0 spiro atoms. The first-order valence-corrected chi connectivity index (χ1v) is 13.0. The van der Waals surface area contributed by atoms with Gasteiger partial charge in [-0.15, -0.1) is 0 Å². The second-order valence-corrected chi connectivity index (χ2v) is 9.53. The van der Waals surface area contributed by atoms with Crippen molar-refractivity contribution >= 4 is 11.9 Å². The molecule has 0 bridgehead atoms. The van der Waals surface area contributed by atoms with Crippen LogP contribution in [0.2, 0.25) is 0 Å². The Morgan fingerprint density at radius 2 is 1.22 bits per heavy atom. The van der Waals surface area contributed by atoms with Gasteiger partial charge in [0.2, 0.25) is 5.91 Å². The van der Waals surface area contributed by atoms with E-state index in [1.165, 1.54) is 90.4 Å². The molecule has 0 fully saturated rings. The molecule has 0 aromatic carbocycles. The molecule has 0 aliphatic heterocycles. The zero-order valence-electron chi connectivity index (χ0n) is 21.7. The molecule has 32 heavy (non-hydrogen) atoms. The predicted molar refractivity (Wildman–Crippen MR) is 133 cm³/mol. The van der Waals surface area contributed by atoms with Crippen LogP contribution in [0.25, 0.3) is 0 Å². The highest BCUT2D eigenvalue weighted by molar-refractivity contribution is 5.75. The van der Waals surface area contributed by atoms with E-state index >= 15 is 0 Å². The molecule has 0 aliphatic carbocycles. The molecular formula is C26H54N2O4. The first kappa shape index (κ1) is 33.0. The topological polar surface area (TPSA) is 126 Å². The van der Waals surface area contributed by atoms with Crippen molar-refractivity contribution in [2.24, 2.45) is 5.92 Å². The minimum atomic E-state index is -1.82. The van der Waals surface area contributed by atoms with Crippen LogP contribution in [-0.4, -0.2) is 29.1 Å². The van der Waals surface area contributed by atoms with Crippen LogP contribution in [-0.2, 0) is 9.59 Å². The number of carboxylic acids is 1. The maximum Gasteiger partial charge on any atom is 0.219 e. The summed E-state index contributed by atoms with van der Waals surface area (Å²) >= 11 is 0. The normalized spacial score (nSPS) is 13.8. The van der Waals surface area contributed by atoms with Crippen LogP contribution < -0.4 is 16.6 Å². The summed E-state index contributed by atoms with van der Waals surface area (Å²) in [6.45, 7) is 5.74. The fourth-order valence-corrected chi connectivity index (χ4v) is 3.86. The summed E-state index contributed by atoms with van der Waals surface area (Å²) in [5.74, 6) is -1.80. The fourth-order valence-electron chi connectivity index (χ4n) is 3.86. The summed E-state index contributed by atoms with van der Waals surface area (Å²) in [4.78, 5) is 22.8. The van der Waals surface area contributed by atoms with Gasteiger partial charge >= 0.3 is 0 Å². The van der Waals surface area contributed by atoms with Gasteiger partial charge < -0.3 is 26.5 Å². The highest BCUT2D eigenvalue weighted by Crippen LogP contribution is 2.20. The smallest absolute Gasteiger partial charge is 0.219 e. The molecule has 0 radical (unpaired) electrons. The predicted octanol–water partition coefficient (Wildman–Crippen LogP) is 5.66. The molecule has 2 atom stereocenters. The van der Waals surface area contributed by atoms with Crippen molar-refractivity contribution in [2.45, 2.75) is 142 Å². The molecule has 0 saturated heterocycles. The minimum Gasteiger partial charge on any atom is -0.547 e. The molecule has 0 aromatic heterocycles. The van der Waals surface area contributed by atoms with E-state index in [9.17, 15) is 19.8 Å². The second kappa shape index (κ2) is 21.7. The Bertz CT molecular complexity index is 455. The Hall–Kier alpha value is -1.14. The molecule has 0 rings (SSSR count). The van der Waals surface area contributed by atoms with Gasteiger partial charge in [-0.3, -0.25) is 4.79 Å². The van der Waals surface area contributed by atoms with Crippen molar-refractivity contribution in [1.29, 1.82) is 0 Å². The summed E-state index contributed by atoms with van der Waals surface area (Å²) in [5.41, 5.74) is -1.82. The molecule has 0 heterocycles. The van der Waals surface area contributed by atoms with Crippen molar-refractivity contribution in [1.82, 2.24) is 11.5 Å². The van der Waals surface area contributed by atoms with Gasteiger partial charge in [0.05, 0.1) is 5.97 Å². The van der Waals surface area contributed by atoms with Gasteiger partial charge in [-0.25, -0.2) is 0 Å². The van der Waals surface area contributed by atoms with Crippen LogP contribution in [0.4, 0.5) is 0 Å². The maximum absolute atomic E-state index is 11.9. The number of carbonyl (C=O) groups is 2. The van der Waals surface area contributed by atoms with Gasteiger partial charge in [0, 0.05) is 13.0 Å². The lowest BCUT2D eigenvalue weighted by atomic mass is 9.87. The first-order chi connectivity index (χ1) is 14.8. The van der Waals surface area contributed by atoms with Crippen molar-refractivity contribution in [3.8, 4) is 0 Å². The summed E-state index contributed by atoms with van der Waals surface area (Å²) in [5, 5.41) is 23.6. The Kier molecular flexibility index (Phi) is 22.4. The third-order valence-electron chi connectivity index (χ3n) is 6.52. The summed E-state index contributed by atoms with van der Waals surface area (Å²) in [7, 11) is 0. The van der Waals surface area contributed by atoms with E-state index in [1.807, 2.05) is 0 Å². The number of carbonyl (C=O) groups excluding carboxylic acids is 2.